The fourth-order valence-electron chi connectivity index (χ4n) is 2.47. The van der Waals surface area contributed by atoms with E-state index >= 15 is 0 Å². The van der Waals surface area contributed by atoms with Crippen molar-refractivity contribution in [3.05, 3.63) is 27.6 Å². The minimum absolute atomic E-state index is 0.157. The number of halogens is 1. The van der Waals surface area contributed by atoms with Gasteiger partial charge in [-0.3, -0.25) is 9.69 Å². The molecule has 2 aromatic heterocycles. The lowest BCUT2D eigenvalue weighted by molar-refractivity contribution is 0.0899. The molecular formula is C13H16ClN5O2S. The molecule has 1 aliphatic rings. The molecule has 1 aliphatic heterocycles. The minimum atomic E-state index is -0.179. The number of aryl methyl sites for hydroxylation is 1. The Kier molecular flexibility index (Phi) is 4.70. The molecule has 9 heteroatoms. The van der Waals surface area contributed by atoms with Gasteiger partial charge in [0.05, 0.1) is 0 Å². The van der Waals surface area contributed by atoms with Crippen molar-refractivity contribution in [2.75, 3.05) is 13.1 Å². The van der Waals surface area contributed by atoms with Crippen molar-refractivity contribution < 1.29 is 9.32 Å². The van der Waals surface area contributed by atoms with Crippen molar-refractivity contribution in [1.82, 2.24) is 25.0 Å². The third-order valence-electron chi connectivity index (χ3n) is 3.67. The maximum absolute atomic E-state index is 12.0. The first-order chi connectivity index (χ1) is 10.6. The van der Waals surface area contributed by atoms with Crippen LogP contribution in [0.5, 0.6) is 0 Å². The lowest BCUT2D eigenvalue weighted by Gasteiger charge is -2.31. The molecule has 3 heterocycles. The first-order valence-electron chi connectivity index (χ1n) is 7.05. The summed E-state index contributed by atoms with van der Waals surface area (Å²) >= 11 is 7.23. The van der Waals surface area contributed by atoms with Crippen LogP contribution >= 0.6 is 23.1 Å². The number of likely N-dealkylation sites (tertiary alicyclic amines) is 1. The molecule has 7 nitrogen and oxygen atoms in total. The molecular weight excluding hydrogens is 326 g/mol. The Balaban J connectivity index is 1.47. The fraction of sp³-hybridized carbons (Fsp3) is 0.538. The van der Waals surface area contributed by atoms with Gasteiger partial charge >= 0.3 is 0 Å². The van der Waals surface area contributed by atoms with E-state index in [4.69, 9.17) is 16.1 Å². The number of nitrogens with zero attached hydrogens (tertiary/aromatic N) is 4. The Morgan fingerprint density at radius 1 is 1.55 bits per heavy atom. The van der Waals surface area contributed by atoms with Gasteiger partial charge in [-0.25, -0.2) is 0 Å². The number of hydrogen-bond acceptors (Lipinski definition) is 7. The summed E-state index contributed by atoms with van der Waals surface area (Å²) in [4.78, 5) is 14.3. The summed E-state index contributed by atoms with van der Waals surface area (Å²) in [6.45, 7) is 4.24. The third-order valence-corrected chi connectivity index (χ3v) is 4.65. The Hall–Kier alpha value is -1.51. The Bertz CT molecular complexity index is 650. The van der Waals surface area contributed by atoms with Gasteiger partial charge in [0.15, 0.2) is 5.69 Å². The van der Waals surface area contributed by atoms with E-state index in [2.05, 4.69) is 25.0 Å². The maximum Gasteiger partial charge on any atom is 0.273 e. The van der Waals surface area contributed by atoms with Gasteiger partial charge in [0.1, 0.15) is 15.8 Å². The highest BCUT2D eigenvalue weighted by molar-refractivity contribution is 7.10. The van der Waals surface area contributed by atoms with Crippen LogP contribution < -0.4 is 5.32 Å². The molecule has 1 amide bonds. The van der Waals surface area contributed by atoms with E-state index in [1.54, 1.807) is 13.0 Å². The zero-order valence-corrected chi connectivity index (χ0v) is 13.7. The van der Waals surface area contributed by atoms with Gasteiger partial charge in [-0.05, 0) is 19.8 Å². The third kappa shape index (κ3) is 3.63. The molecule has 0 saturated carbocycles. The normalized spacial score (nSPS) is 16.8. The summed E-state index contributed by atoms with van der Waals surface area (Å²) < 4.78 is 9.41. The van der Waals surface area contributed by atoms with Crippen LogP contribution in [0.3, 0.4) is 0 Å². The van der Waals surface area contributed by atoms with Crippen LogP contribution in [-0.4, -0.2) is 44.7 Å². The van der Waals surface area contributed by atoms with E-state index in [1.165, 1.54) is 11.5 Å². The van der Waals surface area contributed by atoms with E-state index in [0.717, 1.165) is 31.6 Å². The van der Waals surface area contributed by atoms with Crippen molar-refractivity contribution in [2.24, 2.45) is 0 Å². The van der Waals surface area contributed by atoms with Gasteiger partial charge in [-0.15, -0.1) is 5.10 Å². The predicted octanol–water partition coefficient (Wildman–Crippen LogP) is 1.88. The highest BCUT2D eigenvalue weighted by Crippen LogP contribution is 2.21. The molecule has 2 aromatic rings. The fourth-order valence-corrected chi connectivity index (χ4v) is 3.08. The molecule has 22 heavy (non-hydrogen) atoms. The molecule has 0 radical (unpaired) electrons. The van der Waals surface area contributed by atoms with Crippen molar-refractivity contribution in [3.63, 3.8) is 0 Å². The maximum atomic E-state index is 12.0. The highest BCUT2D eigenvalue weighted by Gasteiger charge is 2.23. The van der Waals surface area contributed by atoms with E-state index < -0.39 is 0 Å². The molecule has 0 atom stereocenters. The van der Waals surface area contributed by atoms with Crippen molar-refractivity contribution in [1.29, 1.82) is 0 Å². The Morgan fingerprint density at radius 2 is 2.32 bits per heavy atom. The van der Waals surface area contributed by atoms with Gasteiger partial charge in [-0.2, -0.15) is 0 Å². The molecule has 0 aromatic carbocycles. The van der Waals surface area contributed by atoms with Crippen molar-refractivity contribution in [3.8, 4) is 0 Å². The summed E-state index contributed by atoms with van der Waals surface area (Å²) in [5.74, 6) is 0.454. The highest BCUT2D eigenvalue weighted by atomic mass is 35.5. The SMILES string of the molecule is Cc1cc(C(=O)NC2CCN(Cc3nnsc3Cl)CC2)no1. The van der Waals surface area contributed by atoms with E-state index in [-0.39, 0.29) is 11.9 Å². The number of amides is 1. The predicted molar refractivity (Wildman–Crippen MR) is 81.9 cm³/mol. The minimum Gasteiger partial charge on any atom is -0.361 e. The smallest absolute Gasteiger partial charge is 0.273 e. The molecule has 0 spiro atoms. The van der Waals surface area contributed by atoms with Crippen LogP contribution in [0.2, 0.25) is 4.34 Å². The van der Waals surface area contributed by atoms with Gasteiger partial charge in [0.2, 0.25) is 0 Å². The Morgan fingerprint density at radius 3 is 2.91 bits per heavy atom. The number of hydrogen-bond donors (Lipinski definition) is 1. The second kappa shape index (κ2) is 6.72. The summed E-state index contributed by atoms with van der Waals surface area (Å²) in [5, 5.41) is 10.8. The van der Waals surface area contributed by atoms with Crippen LogP contribution in [0.25, 0.3) is 0 Å². The average molecular weight is 342 g/mol. The zero-order valence-electron chi connectivity index (χ0n) is 12.1. The molecule has 0 unspecified atom stereocenters. The monoisotopic (exact) mass is 341 g/mol. The molecule has 118 valence electrons. The lowest BCUT2D eigenvalue weighted by atomic mass is 10.0. The number of carbonyl (C=O) groups is 1. The molecule has 1 fully saturated rings. The molecule has 1 N–H and O–H groups in total. The summed E-state index contributed by atoms with van der Waals surface area (Å²) in [6, 6.07) is 1.80. The first kappa shape index (κ1) is 15.4. The van der Waals surface area contributed by atoms with Crippen LogP contribution in [-0.2, 0) is 6.54 Å². The molecule has 1 saturated heterocycles. The molecule has 0 aliphatic carbocycles. The van der Waals surface area contributed by atoms with Crippen LogP contribution in [0.4, 0.5) is 0 Å². The van der Waals surface area contributed by atoms with Gasteiger partial charge in [0, 0.05) is 43.3 Å². The van der Waals surface area contributed by atoms with Crippen molar-refractivity contribution >= 4 is 29.0 Å². The van der Waals surface area contributed by atoms with Gasteiger partial charge in [-0.1, -0.05) is 21.2 Å². The average Bonchev–Trinajstić information content (AvgIpc) is 3.10. The lowest BCUT2D eigenvalue weighted by Crippen LogP contribution is -2.44. The second-order valence-electron chi connectivity index (χ2n) is 5.34. The Labute approximate surface area is 136 Å². The number of aromatic nitrogens is 3. The molecule has 3 rings (SSSR count). The second-order valence-corrected chi connectivity index (χ2v) is 6.70. The zero-order chi connectivity index (χ0) is 15.5. The number of carbonyl (C=O) groups excluding carboxylic acids is 1. The van der Waals surface area contributed by atoms with E-state index in [1.807, 2.05) is 0 Å². The topological polar surface area (TPSA) is 84.2 Å². The first-order valence-corrected chi connectivity index (χ1v) is 8.20. The van der Waals surface area contributed by atoms with Crippen LogP contribution in [0.15, 0.2) is 10.6 Å². The molecule has 0 bridgehead atoms. The summed E-state index contributed by atoms with van der Waals surface area (Å²) in [6.07, 6.45) is 1.77. The number of rotatable bonds is 4. The summed E-state index contributed by atoms with van der Waals surface area (Å²) in [7, 11) is 0. The number of piperidine rings is 1. The standard InChI is InChI=1S/C13H16ClN5O2S/c1-8-6-10(17-21-8)13(20)15-9-2-4-19(5-3-9)7-11-12(14)22-18-16-11/h6,9H,2-5,7H2,1H3,(H,15,20). The van der Waals surface area contributed by atoms with Crippen LogP contribution in [0.1, 0.15) is 34.8 Å². The van der Waals surface area contributed by atoms with E-state index in [0.29, 0.717) is 22.3 Å². The van der Waals surface area contributed by atoms with Crippen LogP contribution in [0, 0.1) is 6.92 Å². The van der Waals surface area contributed by atoms with E-state index in [9.17, 15) is 4.79 Å². The van der Waals surface area contributed by atoms with Gasteiger partial charge < -0.3 is 9.84 Å². The number of nitrogens with one attached hydrogen (secondary N) is 1. The quantitative estimate of drug-likeness (QED) is 0.914. The summed E-state index contributed by atoms with van der Waals surface area (Å²) in [5.41, 5.74) is 1.16. The van der Waals surface area contributed by atoms with Crippen molar-refractivity contribution in [2.45, 2.75) is 32.4 Å². The van der Waals surface area contributed by atoms with Gasteiger partial charge in [0.25, 0.3) is 5.91 Å². The largest absolute Gasteiger partial charge is 0.361 e.